The fourth-order valence-electron chi connectivity index (χ4n) is 3.72. The smallest absolute Gasteiger partial charge is 0.306 e. The Morgan fingerprint density at radius 1 is 1.00 bits per heavy atom. The van der Waals surface area contributed by atoms with Gasteiger partial charge < -0.3 is 4.74 Å². The third-order valence-corrected chi connectivity index (χ3v) is 4.76. The summed E-state index contributed by atoms with van der Waals surface area (Å²) in [4.78, 5) is 12.0. The Kier molecular flexibility index (Phi) is 6.85. The highest BCUT2D eigenvalue weighted by Gasteiger charge is 2.38. The first-order valence-corrected chi connectivity index (χ1v) is 8.87. The molecule has 2 heteroatoms. The van der Waals surface area contributed by atoms with E-state index < -0.39 is 5.60 Å². The van der Waals surface area contributed by atoms with Crippen LogP contribution in [0.1, 0.15) is 73.3 Å². The molecule has 0 spiro atoms. The van der Waals surface area contributed by atoms with Gasteiger partial charge in [-0.05, 0) is 56.4 Å². The van der Waals surface area contributed by atoms with Crippen molar-refractivity contribution >= 4 is 5.97 Å². The summed E-state index contributed by atoms with van der Waals surface area (Å²) in [6.45, 7) is 14.9. The molecule has 1 aromatic rings. The molecule has 0 fully saturated rings. The number of carbonyl (C=O) groups excluding carboxylic acids is 1. The summed E-state index contributed by atoms with van der Waals surface area (Å²) in [7, 11) is 0. The average Bonchev–Trinajstić information content (AvgIpc) is 2.41. The van der Waals surface area contributed by atoms with Crippen molar-refractivity contribution in [3.05, 3.63) is 35.9 Å². The molecule has 0 bridgehead atoms. The third-order valence-electron chi connectivity index (χ3n) is 4.76. The van der Waals surface area contributed by atoms with E-state index in [2.05, 4.69) is 58.0 Å². The van der Waals surface area contributed by atoms with Gasteiger partial charge in [-0.1, -0.05) is 58.0 Å². The van der Waals surface area contributed by atoms with Crippen LogP contribution < -0.4 is 0 Å². The van der Waals surface area contributed by atoms with Crippen LogP contribution in [0.25, 0.3) is 0 Å². The maximum absolute atomic E-state index is 12.0. The lowest BCUT2D eigenvalue weighted by molar-refractivity contribution is -0.155. The van der Waals surface area contributed by atoms with Crippen LogP contribution in [0.3, 0.4) is 0 Å². The summed E-state index contributed by atoms with van der Waals surface area (Å²) in [6.07, 6.45) is 2.36. The summed E-state index contributed by atoms with van der Waals surface area (Å²) < 4.78 is 5.44. The van der Waals surface area contributed by atoms with Gasteiger partial charge in [0.2, 0.25) is 0 Å². The Bertz CT molecular complexity index is 472. The maximum atomic E-state index is 12.0. The molecule has 0 aliphatic carbocycles. The molecular weight excluding hydrogens is 284 g/mol. The second kappa shape index (κ2) is 7.99. The van der Waals surface area contributed by atoms with E-state index in [9.17, 15) is 4.79 Å². The molecule has 1 rings (SSSR count). The summed E-state index contributed by atoms with van der Waals surface area (Å²) in [5, 5.41) is 0. The number of ether oxygens (including phenoxy) is 1. The SMILES string of the molecule is CC(C)C(CCCC(=O)OC(C)(C)C)(c1ccccc1)C(C)C. The summed E-state index contributed by atoms with van der Waals surface area (Å²) in [5.41, 5.74) is 1.08. The number of benzene rings is 1. The fourth-order valence-corrected chi connectivity index (χ4v) is 3.72. The molecule has 0 saturated heterocycles. The van der Waals surface area contributed by atoms with Crippen molar-refractivity contribution in [2.24, 2.45) is 11.8 Å². The van der Waals surface area contributed by atoms with Gasteiger partial charge in [0.1, 0.15) is 5.60 Å². The Balaban J connectivity index is 2.86. The number of rotatable bonds is 7. The monoisotopic (exact) mass is 318 g/mol. The van der Waals surface area contributed by atoms with Crippen LogP contribution in [0, 0.1) is 11.8 Å². The molecule has 0 saturated carbocycles. The Hall–Kier alpha value is -1.31. The minimum atomic E-state index is -0.399. The van der Waals surface area contributed by atoms with E-state index in [1.165, 1.54) is 5.56 Å². The highest BCUT2D eigenvalue weighted by atomic mass is 16.6. The number of esters is 1. The minimum absolute atomic E-state index is 0.0908. The van der Waals surface area contributed by atoms with Crippen molar-refractivity contribution in [1.29, 1.82) is 0 Å². The van der Waals surface area contributed by atoms with E-state index in [4.69, 9.17) is 4.74 Å². The van der Waals surface area contributed by atoms with Gasteiger partial charge in [0, 0.05) is 6.42 Å². The van der Waals surface area contributed by atoms with Crippen LogP contribution in [-0.4, -0.2) is 11.6 Å². The second-order valence-electron chi connectivity index (χ2n) is 8.16. The van der Waals surface area contributed by atoms with Gasteiger partial charge in [-0.3, -0.25) is 4.79 Å². The van der Waals surface area contributed by atoms with Gasteiger partial charge in [0.15, 0.2) is 0 Å². The molecule has 0 radical (unpaired) electrons. The van der Waals surface area contributed by atoms with E-state index in [0.29, 0.717) is 18.3 Å². The van der Waals surface area contributed by atoms with Crippen molar-refractivity contribution in [2.45, 2.75) is 78.7 Å². The van der Waals surface area contributed by atoms with E-state index in [0.717, 1.165) is 12.8 Å². The third kappa shape index (κ3) is 5.37. The predicted molar refractivity (Wildman–Crippen MR) is 97.5 cm³/mol. The zero-order valence-corrected chi connectivity index (χ0v) is 16.0. The van der Waals surface area contributed by atoms with Crippen LogP contribution in [0.4, 0.5) is 0 Å². The van der Waals surface area contributed by atoms with Gasteiger partial charge in [-0.25, -0.2) is 0 Å². The number of carbonyl (C=O) groups is 1. The van der Waals surface area contributed by atoms with Crippen LogP contribution in [-0.2, 0) is 14.9 Å². The lowest BCUT2D eigenvalue weighted by Crippen LogP contribution is -2.38. The van der Waals surface area contributed by atoms with Gasteiger partial charge in [-0.15, -0.1) is 0 Å². The molecule has 0 aromatic heterocycles. The lowest BCUT2D eigenvalue weighted by atomic mass is 9.62. The zero-order chi connectivity index (χ0) is 17.7. The highest BCUT2D eigenvalue weighted by molar-refractivity contribution is 5.69. The predicted octanol–water partition coefficient (Wildman–Crippen LogP) is 5.75. The van der Waals surface area contributed by atoms with Crippen LogP contribution in [0.5, 0.6) is 0 Å². The van der Waals surface area contributed by atoms with Crippen LogP contribution in [0.2, 0.25) is 0 Å². The van der Waals surface area contributed by atoms with Crippen molar-refractivity contribution in [2.75, 3.05) is 0 Å². The molecule has 0 N–H and O–H groups in total. The molecule has 130 valence electrons. The first-order chi connectivity index (χ1) is 10.6. The van der Waals surface area contributed by atoms with E-state index in [1.807, 2.05) is 20.8 Å². The highest BCUT2D eigenvalue weighted by Crippen LogP contribution is 2.43. The Morgan fingerprint density at radius 2 is 1.52 bits per heavy atom. The topological polar surface area (TPSA) is 26.3 Å². The molecule has 0 amide bonds. The quantitative estimate of drug-likeness (QED) is 0.598. The lowest BCUT2D eigenvalue weighted by Gasteiger charge is -2.42. The Morgan fingerprint density at radius 3 is 1.96 bits per heavy atom. The van der Waals surface area contributed by atoms with E-state index in [1.54, 1.807) is 0 Å². The first-order valence-electron chi connectivity index (χ1n) is 8.87. The van der Waals surface area contributed by atoms with E-state index in [-0.39, 0.29) is 11.4 Å². The summed E-state index contributed by atoms with van der Waals surface area (Å²) in [6, 6.07) is 10.8. The standard InChI is InChI=1S/C21H34O2/c1-16(2)21(17(3)4,18-12-9-8-10-13-18)15-11-14-19(22)23-20(5,6)7/h8-10,12-13,16-17H,11,14-15H2,1-7H3. The molecule has 0 heterocycles. The van der Waals surface area contributed by atoms with Crippen molar-refractivity contribution in [3.63, 3.8) is 0 Å². The molecule has 1 aromatic carbocycles. The summed E-state index contributed by atoms with van der Waals surface area (Å²) in [5.74, 6) is 0.944. The molecule has 0 atom stereocenters. The van der Waals surface area contributed by atoms with Gasteiger partial charge in [0.05, 0.1) is 0 Å². The maximum Gasteiger partial charge on any atom is 0.306 e. The summed E-state index contributed by atoms with van der Waals surface area (Å²) >= 11 is 0. The van der Waals surface area contributed by atoms with Gasteiger partial charge in [0.25, 0.3) is 0 Å². The zero-order valence-electron chi connectivity index (χ0n) is 16.0. The molecule has 2 nitrogen and oxygen atoms in total. The molecular formula is C21H34O2. The van der Waals surface area contributed by atoms with Crippen LogP contribution >= 0.6 is 0 Å². The normalized spacial score (nSPS) is 12.7. The number of hydrogen-bond acceptors (Lipinski definition) is 2. The molecule has 23 heavy (non-hydrogen) atoms. The molecule has 0 unspecified atom stereocenters. The van der Waals surface area contributed by atoms with Crippen molar-refractivity contribution in [3.8, 4) is 0 Å². The first kappa shape index (κ1) is 19.7. The number of hydrogen-bond donors (Lipinski definition) is 0. The van der Waals surface area contributed by atoms with Crippen LogP contribution in [0.15, 0.2) is 30.3 Å². The van der Waals surface area contributed by atoms with Gasteiger partial charge in [-0.2, -0.15) is 0 Å². The second-order valence-corrected chi connectivity index (χ2v) is 8.16. The van der Waals surface area contributed by atoms with Gasteiger partial charge >= 0.3 is 5.97 Å². The Labute approximate surface area is 142 Å². The molecule has 0 aliphatic heterocycles. The fraction of sp³-hybridized carbons (Fsp3) is 0.667. The largest absolute Gasteiger partial charge is 0.460 e. The molecule has 0 aliphatic rings. The van der Waals surface area contributed by atoms with Crippen molar-refractivity contribution in [1.82, 2.24) is 0 Å². The average molecular weight is 319 g/mol. The minimum Gasteiger partial charge on any atom is -0.460 e. The van der Waals surface area contributed by atoms with Crippen molar-refractivity contribution < 1.29 is 9.53 Å². The van der Waals surface area contributed by atoms with E-state index >= 15 is 0 Å².